The first-order valence-electron chi connectivity index (χ1n) is 7.87. The second-order valence-electron chi connectivity index (χ2n) is 5.85. The molecule has 4 heteroatoms. The number of hydrogen-bond acceptors (Lipinski definition) is 4. The third-order valence-electron chi connectivity index (χ3n) is 4.53. The van der Waals surface area contributed by atoms with Gasteiger partial charge in [-0.05, 0) is 12.1 Å². The van der Waals surface area contributed by atoms with Gasteiger partial charge in [0.25, 0.3) is 0 Å². The fourth-order valence-corrected chi connectivity index (χ4v) is 3.31. The van der Waals surface area contributed by atoms with Crippen molar-refractivity contribution in [2.75, 3.05) is 12.8 Å². The van der Waals surface area contributed by atoms with E-state index < -0.39 is 0 Å². The Balaban J connectivity index is 1.97. The zero-order valence-electron chi connectivity index (χ0n) is 13.6. The van der Waals surface area contributed by atoms with Gasteiger partial charge in [-0.15, -0.1) is 0 Å². The molecular weight excluding hydrogens is 314 g/mol. The fourth-order valence-electron chi connectivity index (χ4n) is 3.31. The molecule has 0 fully saturated rings. The predicted molar refractivity (Wildman–Crippen MR) is 96.1 cm³/mol. The van der Waals surface area contributed by atoms with E-state index in [1.807, 2.05) is 24.3 Å². The number of nitrogen functional groups attached to an aromatic ring is 1. The third-order valence-corrected chi connectivity index (χ3v) is 4.53. The number of benzene rings is 3. The molecule has 0 atom stereocenters. The number of ether oxygens (including phenoxy) is 1. The van der Waals surface area contributed by atoms with Crippen molar-refractivity contribution in [3.8, 4) is 16.9 Å². The van der Waals surface area contributed by atoms with Gasteiger partial charge in [0, 0.05) is 27.8 Å². The molecule has 4 nitrogen and oxygen atoms in total. The van der Waals surface area contributed by atoms with E-state index in [0.717, 1.165) is 5.56 Å². The van der Waals surface area contributed by atoms with Crippen LogP contribution in [0.3, 0.4) is 0 Å². The number of fused-ring (bicyclic) bond motifs is 2. The molecule has 3 aromatic carbocycles. The molecule has 0 spiro atoms. The van der Waals surface area contributed by atoms with Crippen molar-refractivity contribution < 1.29 is 14.3 Å². The SMILES string of the molecule is COc1ccccc1-c1ccc2c(c1N)C(=O)c1ccccc1C2=O. The smallest absolute Gasteiger partial charge is 0.196 e. The summed E-state index contributed by atoms with van der Waals surface area (Å²) in [5, 5.41) is 0. The second-order valence-corrected chi connectivity index (χ2v) is 5.85. The molecule has 0 saturated heterocycles. The van der Waals surface area contributed by atoms with Gasteiger partial charge in [-0.2, -0.15) is 0 Å². The molecule has 122 valence electrons. The van der Waals surface area contributed by atoms with Gasteiger partial charge in [-0.1, -0.05) is 48.5 Å². The second kappa shape index (κ2) is 5.60. The lowest BCUT2D eigenvalue weighted by Crippen LogP contribution is -2.22. The molecule has 1 aliphatic carbocycles. The first-order valence-corrected chi connectivity index (χ1v) is 7.87. The van der Waals surface area contributed by atoms with Crippen molar-refractivity contribution in [1.82, 2.24) is 0 Å². The van der Waals surface area contributed by atoms with E-state index in [4.69, 9.17) is 10.5 Å². The van der Waals surface area contributed by atoms with Crippen LogP contribution in [0.2, 0.25) is 0 Å². The highest BCUT2D eigenvalue weighted by atomic mass is 16.5. The van der Waals surface area contributed by atoms with Crippen LogP contribution in [0.4, 0.5) is 5.69 Å². The number of ketones is 2. The van der Waals surface area contributed by atoms with E-state index in [1.165, 1.54) is 0 Å². The van der Waals surface area contributed by atoms with Crippen LogP contribution in [0, 0.1) is 0 Å². The van der Waals surface area contributed by atoms with Crippen molar-refractivity contribution in [3.05, 3.63) is 82.9 Å². The summed E-state index contributed by atoms with van der Waals surface area (Å²) in [7, 11) is 1.58. The van der Waals surface area contributed by atoms with Gasteiger partial charge < -0.3 is 10.5 Å². The minimum atomic E-state index is -0.223. The van der Waals surface area contributed by atoms with Gasteiger partial charge in [0.05, 0.1) is 18.4 Å². The molecule has 0 aromatic heterocycles. The first kappa shape index (κ1) is 15.1. The first-order chi connectivity index (χ1) is 12.1. The maximum atomic E-state index is 12.9. The molecule has 3 aromatic rings. The van der Waals surface area contributed by atoms with Gasteiger partial charge >= 0.3 is 0 Å². The van der Waals surface area contributed by atoms with Crippen LogP contribution in [0.25, 0.3) is 11.1 Å². The Labute approximate surface area is 144 Å². The Kier molecular flexibility index (Phi) is 3.39. The van der Waals surface area contributed by atoms with Crippen LogP contribution in [0.1, 0.15) is 31.8 Å². The van der Waals surface area contributed by atoms with Gasteiger partial charge in [-0.25, -0.2) is 0 Å². The quantitative estimate of drug-likeness (QED) is 0.569. The van der Waals surface area contributed by atoms with Crippen molar-refractivity contribution >= 4 is 17.3 Å². The molecule has 0 heterocycles. The zero-order valence-corrected chi connectivity index (χ0v) is 13.6. The number of carbonyl (C=O) groups is 2. The molecule has 4 rings (SSSR count). The van der Waals surface area contributed by atoms with Crippen molar-refractivity contribution in [2.45, 2.75) is 0 Å². The Hall–Kier alpha value is -3.40. The lowest BCUT2D eigenvalue weighted by atomic mass is 9.81. The van der Waals surface area contributed by atoms with Crippen LogP contribution in [-0.2, 0) is 0 Å². The van der Waals surface area contributed by atoms with Crippen LogP contribution in [-0.4, -0.2) is 18.7 Å². The summed E-state index contributed by atoms with van der Waals surface area (Å²) in [4.78, 5) is 25.7. The summed E-state index contributed by atoms with van der Waals surface area (Å²) in [5.41, 5.74) is 9.53. The van der Waals surface area contributed by atoms with Crippen LogP contribution >= 0.6 is 0 Å². The van der Waals surface area contributed by atoms with E-state index in [-0.39, 0.29) is 17.1 Å². The molecule has 25 heavy (non-hydrogen) atoms. The lowest BCUT2D eigenvalue weighted by Gasteiger charge is -2.21. The minimum Gasteiger partial charge on any atom is -0.496 e. The summed E-state index contributed by atoms with van der Waals surface area (Å²) in [6.45, 7) is 0. The summed E-state index contributed by atoms with van der Waals surface area (Å²) in [5.74, 6) is 0.257. The average Bonchev–Trinajstić information content (AvgIpc) is 2.66. The lowest BCUT2D eigenvalue weighted by molar-refractivity contribution is 0.0980. The topological polar surface area (TPSA) is 69.4 Å². The van der Waals surface area contributed by atoms with Crippen LogP contribution < -0.4 is 10.5 Å². The number of hydrogen-bond donors (Lipinski definition) is 1. The standard InChI is InChI=1S/C21H15NO3/c1-25-17-9-5-4-6-12(17)13-10-11-16-18(19(13)22)21(24)15-8-3-2-7-14(15)20(16)23/h2-11H,22H2,1H3. The number of nitrogens with two attached hydrogens (primary N) is 1. The van der Waals surface area contributed by atoms with Crippen molar-refractivity contribution in [3.63, 3.8) is 0 Å². The Morgan fingerprint density at radius 3 is 1.92 bits per heavy atom. The monoisotopic (exact) mass is 329 g/mol. The Morgan fingerprint density at radius 2 is 1.24 bits per heavy atom. The summed E-state index contributed by atoms with van der Waals surface area (Å²) < 4.78 is 5.40. The van der Waals surface area contributed by atoms with E-state index in [1.54, 1.807) is 43.5 Å². The number of methoxy groups -OCH3 is 1. The Morgan fingerprint density at radius 1 is 0.680 bits per heavy atom. The Bertz CT molecular complexity index is 1040. The molecule has 0 amide bonds. The maximum absolute atomic E-state index is 12.9. The molecular formula is C21H15NO3. The zero-order chi connectivity index (χ0) is 17.6. The largest absolute Gasteiger partial charge is 0.496 e. The van der Waals surface area contributed by atoms with Gasteiger partial charge in [0.1, 0.15) is 5.75 Å². The van der Waals surface area contributed by atoms with Crippen molar-refractivity contribution in [2.24, 2.45) is 0 Å². The van der Waals surface area contributed by atoms with E-state index in [9.17, 15) is 9.59 Å². The summed E-state index contributed by atoms with van der Waals surface area (Å²) in [6, 6.07) is 17.7. The number of carbonyl (C=O) groups excluding carboxylic acids is 2. The minimum absolute atomic E-state index is 0.177. The van der Waals surface area contributed by atoms with Gasteiger partial charge in [0.2, 0.25) is 0 Å². The molecule has 2 N–H and O–H groups in total. The molecule has 0 radical (unpaired) electrons. The highest BCUT2D eigenvalue weighted by Crippen LogP contribution is 2.39. The average molecular weight is 329 g/mol. The van der Waals surface area contributed by atoms with E-state index in [0.29, 0.717) is 33.7 Å². The molecule has 1 aliphatic rings. The predicted octanol–water partition coefficient (Wildman–Crippen LogP) is 3.72. The van der Waals surface area contributed by atoms with Gasteiger partial charge in [-0.3, -0.25) is 9.59 Å². The molecule has 0 saturated carbocycles. The maximum Gasteiger partial charge on any atom is 0.196 e. The van der Waals surface area contributed by atoms with E-state index in [2.05, 4.69) is 0 Å². The summed E-state index contributed by atoms with van der Waals surface area (Å²) >= 11 is 0. The highest BCUT2D eigenvalue weighted by molar-refractivity contribution is 6.30. The molecule has 0 unspecified atom stereocenters. The fraction of sp³-hybridized carbons (Fsp3) is 0.0476. The number of para-hydroxylation sites is 1. The molecule has 0 bridgehead atoms. The van der Waals surface area contributed by atoms with Crippen LogP contribution in [0.5, 0.6) is 5.75 Å². The number of anilines is 1. The van der Waals surface area contributed by atoms with Crippen LogP contribution in [0.15, 0.2) is 60.7 Å². The number of rotatable bonds is 2. The normalized spacial score (nSPS) is 12.5. The summed E-state index contributed by atoms with van der Waals surface area (Å²) in [6.07, 6.45) is 0. The molecule has 0 aliphatic heterocycles. The third kappa shape index (κ3) is 2.15. The highest BCUT2D eigenvalue weighted by Gasteiger charge is 2.32. The van der Waals surface area contributed by atoms with E-state index >= 15 is 0 Å². The van der Waals surface area contributed by atoms with Gasteiger partial charge in [0.15, 0.2) is 11.6 Å². The van der Waals surface area contributed by atoms with Crippen molar-refractivity contribution in [1.29, 1.82) is 0 Å².